The van der Waals surface area contributed by atoms with Crippen LogP contribution in [0.2, 0.25) is 0 Å². The summed E-state index contributed by atoms with van der Waals surface area (Å²) < 4.78 is 5.53. The zero-order valence-corrected chi connectivity index (χ0v) is 19.2. The minimum atomic E-state index is 0.236. The lowest BCUT2D eigenvalue weighted by Gasteiger charge is -2.39. The number of aromatic nitrogens is 2. The van der Waals surface area contributed by atoms with Crippen molar-refractivity contribution in [2.75, 3.05) is 37.7 Å². The Morgan fingerprint density at radius 1 is 0.939 bits per heavy atom. The van der Waals surface area contributed by atoms with Crippen LogP contribution in [0.15, 0.2) is 61.2 Å². The van der Waals surface area contributed by atoms with Crippen LogP contribution >= 0.6 is 0 Å². The van der Waals surface area contributed by atoms with E-state index in [1.54, 1.807) is 6.33 Å². The predicted octanol–water partition coefficient (Wildman–Crippen LogP) is 4.54. The SMILES string of the molecule is C=C1NCC(c2ccc(C3CCC(N4CCOCC4)CC3)cc2)N1c1ccc2[nH]cnc2c1. The second kappa shape index (κ2) is 8.84. The van der Waals surface area contributed by atoms with E-state index in [2.05, 4.69) is 74.1 Å². The van der Waals surface area contributed by atoms with E-state index in [0.29, 0.717) is 5.92 Å². The Bertz CT molecular complexity index is 1110. The minimum absolute atomic E-state index is 0.236. The maximum atomic E-state index is 5.53. The summed E-state index contributed by atoms with van der Waals surface area (Å²) in [5.74, 6) is 1.63. The van der Waals surface area contributed by atoms with Crippen molar-refractivity contribution < 1.29 is 4.74 Å². The molecule has 2 saturated heterocycles. The lowest BCUT2D eigenvalue weighted by Crippen LogP contribution is -2.44. The molecule has 1 atom stereocenters. The number of anilines is 1. The van der Waals surface area contributed by atoms with Gasteiger partial charge in [0.1, 0.15) is 0 Å². The zero-order chi connectivity index (χ0) is 22.2. The van der Waals surface area contributed by atoms with Gasteiger partial charge in [-0.15, -0.1) is 0 Å². The standard InChI is InChI=1S/C27H33N5O/c1-19-28-17-27(32(19)24-10-11-25-26(16-24)30-18-29-25)22-4-2-20(3-5-22)21-6-8-23(9-7-21)31-12-14-33-15-13-31/h2-5,10-11,16,18,21,23,27-28H,1,6-9,12-15,17H2,(H,29,30). The lowest BCUT2D eigenvalue weighted by molar-refractivity contribution is 0.00729. The molecular formula is C27H33N5O. The monoisotopic (exact) mass is 443 g/mol. The quantitative estimate of drug-likeness (QED) is 0.620. The fraction of sp³-hybridized carbons (Fsp3) is 0.444. The van der Waals surface area contributed by atoms with Gasteiger partial charge in [-0.1, -0.05) is 30.8 Å². The highest BCUT2D eigenvalue weighted by molar-refractivity contribution is 5.80. The first kappa shape index (κ1) is 20.8. The number of rotatable bonds is 4. The number of ether oxygens (including phenoxy) is 1. The molecule has 1 saturated carbocycles. The normalized spacial score (nSPS) is 26.6. The van der Waals surface area contributed by atoms with E-state index >= 15 is 0 Å². The maximum Gasteiger partial charge on any atom is 0.0991 e. The summed E-state index contributed by atoms with van der Waals surface area (Å²) >= 11 is 0. The third kappa shape index (κ3) is 4.02. The number of nitrogens with one attached hydrogen (secondary N) is 2. The maximum absolute atomic E-state index is 5.53. The molecule has 0 bridgehead atoms. The van der Waals surface area contributed by atoms with Crippen LogP contribution in [0.25, 0.3) is 11.0 Å². The molecule has 3 aromatic rings. The summed E-state index contributed by atoms with van der Waals surface area (Å²) in [7, 11) is 0. The Morgan fingerprint density at radius 2 is 1.70 bits per heavy atom. The van der Waals surface area contributed by atoms with Gasteiger partial charge in [0.15, 0.2) is 0 Å². The van der Waals surface area contributed by atoms with Crippen molar-refractivity contribution in [1.29, 1.82) is 0 Å². The molecule has 1 unspecified atom stereocenters. The molecule has 3 fully saturated rings. The van der Waals surface area contributed by atoms with E-state index in [1.165, 1.54) is 36.8 Å². The molecule has 0 spiro atoms. The second-order valence-electron chi connectivity index (χ2n) is 9.64. The fourth-order valence-corrected chi connectivity index (χ4v) is 5.96. The molecule has 6 heteroatoms. The van der Waals surface area contributed by atoms with Crippen LogP contribution in [-0.4, -0.2) is 53.8 Å². The summed E-state index contributed by atoms with van der Waals surface area (Å²) in [6.45, 7) is 9.14. The summed E-state index contributed by atoms with van der Waals surface area (Å²) in [6.07, 6.45) is 6.94. The van der Waals surface area contributed by atoms with E-state index in [9.17, 15) is 0 Å². The first-order chi connectivity index (χ1) is 16.3. The number of benzene rings is 2. The first-order valence-corrected chi connectivity index (χ1v) is 12.3. The van der Waals surface area contributed by atoms with Crippen LogP contribution in [0.1, 0.15) is 48.8 Å². The Balaban J connectivity index is 1.15. The van der Waals surface area contributed by atoms with Gasteiger partial charge in [-0.3, -0.25) is 4.90 Å². The van der Waals surface area contributed by atoms with Gasteiger partial charge in [0.05, 0.1) is 42.4 Å². The van der Waals surface area contributed by atoms with Gasteiger partial charge < -0.3 is 19.9 Å². The van der Waals surface area contributed by atoms with Gasteiger partial charge in [0.2, 0.25) is 0 Å². The highest BCUT2D eigenvalue weighted by Gasteiger charge is 2.31. The molecule has 3 aliphatic rings. The van der Waals surface area contributed by atoms with Gasteiger partial charge in [-0.2, -0.15) is 0 Å². The van der Waals surface area contributed by atoms with E-state index in [0.717, 1.165) is 61.4 Å². The Hall–Kier alpha value is -2.83. The van der Waals surface area contributed by atoms with Crippen molar-refractivity contribution in [3.8, 4) is 0 Å². The lowest BCUT2D eigenvalue weighted by atomic mass is 9.81. The molecule has 0 radical (unpaired) electrons. The van der Waals surface area contributed by atoms with Gasteiger partial charge in [0.25, 0.3) is 0 Å². The average Bonchev–Trinajstić information content (AvgIpc) is 3.51. The van der Waals surface area contributed by atoms with Crippen LogP contribution < -0.4 is 10.2 Å². The first-order valence-electron chi connectivity index (χ1n) is 12.3. The summed E-state index contributed by atoms with van der Waals surface area (Å²) in [6, 6.07) is 16.8. The summed E-state index contributed by atoms with van der Waals surface area (Å²) in [5.41, 5.74) is 5.98. The number of hydrogen-bond acceptors (Lipinski definition) is 5. The molecule has 0 amide bonds. The predicted molar refractivity (Wildman–Crippen MR) is 132 cm³/mol. The Morgan fingerprint density at radius 3 is 2.48 bits per heavy atom. The molecule has 1 aliphatic carbocycles. The summed E-state index contributed by atoms with van der Waals surface area (Å²) in [5, 5.41) is 3.46. The van der Waals surface area contributed by atoms with E-state index in [1.807, 2.05) is 0 Å². The number of hydrogen-bond donors (Lipinski definition) is 2. The van der Waals surface area contributed by atoms with Crippen molar-refractivity contribution >= 4 is 16.7 Å². The van der Waals surface area contributed by atoms with E-state index in [4.69, 9.17) is 4.74 Å². The fourth-order valence-electron chi connectivity index (χ4n) is 5.96. The van der Waals surface area contributed by atoms with Crippen LogP contribution in [0.3, 0.4) is 0 Å². The van der Waals surface area contributed by atoms with Gasteiger partial charge >= 0.3 is 0 Å². The largest absolute Gasteiger partial charge is 0.379 e. The van der Waals surface area contributed by atoms with Crippen LogP contribution in [0.4, 0.5) is 5.69 Å². The Kier molecular flexibility index (Phi) is 5.56. The highest BCUT2D eigenvalue weighted by atomic mass is 16.5. The van der Waals surface area contributed by atoms with Crippen molar-refractivity contribution in [3.05, 3.63) is 72.3 Å². The highest BCUT2D eigenvalue weighted by Crippen LogP contribution is 2.38. The third-order valence-corrected chi connectivity index (χ3v) is 7.84. The zero-order valence-electron chi connectivity index (χ0n) is 19.2. The molecule has 1 aromatic heterocycles. The van der Waals surface area contributed by atoms with E-state index in [-0.39, 0.29) is 6.04 Å². The van der Waals surface area contributed by atoms with Crippen molar-refractivity contribution in [1.82, 2.24) is 20.2 Å². The van der Waals surface area contributed by atoms with Gasteiger partial charge in [-0.25, -0.2) is 4.98 Å². The molecule has 2 N–H and O–H groups in total. The molecule has 6 rings (SSSR count). The number of aromatic amines is 1. The van der Waals surface area contributed by atoms with E-state index < -0.39 is 0 Å². The number of morpholine rings is 1. The number of H-pyrrole nitrogens is 1. The molecular weight excluding hydrogens is 410 g/mol. The van der Waals surface area contributed by atoms with Gasteiger partial charge in [0, 0.05) is 31.4 Å². The molecule has 3 heterocycles. The average molecular weight is 444 g/mol. The van der Waals surface area contributed by atoms with Crippen molar-refractivity contribution in [3.63, 3.8) is 0 Å². The second-order valence-corrected chi connectivity index (χ2v) is 9.64. The third-order valence-electron chi connectivity index (χ3n) is 7.84. The molecule has 6 nitrogen and oxygen atoms in total. The smallest absolute Gasteiger partial charge is 0.0991 e. The van der Waals surface area contributed by atoms with Crippen LogP contribution in [0.5, 0.6) is 0 Å². The number of fused-ring (bicyclic) bond motifs is 1. The van der Waals surface area contributed by atoms with Crippen molar-refractivity contribution in [2.24, 2.45) is 0 Å². The topological polar surface area (TPSA) is 56.4 Å². The molecule has 2 aromatic carbocycles. The minimum Gasteiger partial charge on any atom is -0.379 e. The Labute approximate surface area is 195 Å². The summed E-state index contributed by atoms with van der Waals surface area (Å²) in [4.78, 5) is 12.6. The number of nitrogens with zero attached hydrogens (tertiary/aromatic N) is 3. The number of imidazole rings is 1. The van der Waals surface area contributed by atoms with Crippen molar-refractivity contribution in [2.45, 2.75) is 43.7 Å². The molecule has 33 heavy (non-hydrogen) atoms. The van der Waals surface area contributed by atoms with Crippen LogP contribution in [-0.2, 0) is 4.74 Å². The molecule has 172 valence electrons. The van der Waals surface area contributed by atoms with Crippen LogP contribution in [0, 0.1) is 0 Å². The van der Waals surface area contributed by atoms with Gasteiger partial charge in [-0.05, 0) is 60.9 Å². The molecule has 2 aliphatic heterocycles.